The fourth-order valence-electron chi connectivity index (χ4n) is 5.02. The average Bonchev–Trinajstić information content (AvgIpc) is 3.22. The Balaban J connectivity index is 1.19. The smallest absolute Gasteiger partial charge is 0.123 e. The summed E-state index contributed by atoms with van der Waals surface area (Å²) in [4.78, 5) is 4.97. The van der Waals surface area contributed by atoms with Gasteiger partial charge < -0.3 is 9.80 Å². The van der Waals surface area contributed by atoms with E-state index in [9.17, 15) is 8.78 Å². The number of likely N-dealkylation sites (tertiary alicyclic amines) is 1. The van der Waals surface area contributed by atoms with Crippen molar-refractivity contribution in [2.45, 2.75) is 25.3 Å². The predicted molar refractivity (Wildman–Crippen MR) is 121 cm³/mol. The molecule has 2 unspecified atom stereocenters. The first-order valence-electron chi connectivity index (χ1n) is 11.5. The van der Waals surface area contributed by atoms with Crippen molar-refractivity contribution in [2.75, 3.05) is 46.3 Å². The molecule has 2 saturated heterocycles. The van der Waals surface area contributed by atoms with Gasteiger partial charge in [0.25, 0.3) is 0 Å². The van der Waals surface area contributed by atoms with Crippen LogP contribution < -0.4 is 10.9 Å². The topological polar surface area (TPSA) is 30.5 Å². The third-order valence-electron chi connectivity index (χ3n) is 6.75. The second-order valence-corrected chi connectivity index (χ2v) is 9.20. The second-order valence-electron chi connectivity index (χ2n) is 9.20. The molecule has 2 aromatic rings. The first-order chi connectivity index (χ1) is 15.1. The van der Waals surface area contributed by atoms with Crippen LogP contribution in [0, 0.1) is 23.5 Å². The molecule has 2 N–H and O–H groups in total. The van der Waals surface area contributed by atoms with Crippen LogP contribution in [-0.2, 0) is 6.42 Å². The molecule has 0 spiro atoms. The monoisotopic (exact) mass is 428 g/mol. The molecule has 0 saturated carbocycles. The maximum atomic E-state index is 13.3. The van der Waals surface area contributed by atoms with E-state index in [1.54, 1.807) is 12.1 Å². The Morgan fingerprint density at radius 3 is 2.52 bits per heavy atom. The molecule has 6 heteroatoms. The van der Waals surface area contributed by atoms with Crippen LogP contribution in [0.25, 0.3) is 0 Å². The summed E-state index contributed by atoms with van der Waals surface area (Å²) in [5, 5.41) is 0. The molecule has 2 fully saturated rings. The number of rotatable bonds is 8. The van der Waals surface area contributed by atoms with E-state index in [1.165, 1.54) is 31.0 Å². The predicted octanol–water partition coefficient (Wildman–Crippen LogP) is 3.62. The van der Waals surface area contributed by atoms with Crippen molar-refractivity contribution in [1.82, 2.24) is 20.7 Å². The fourth-order valence-corrected chi connectivity index (χ4v) is 5.02. The standard InChI is InChI=1S/C25H34F2N4/c1-30(18-22-16-28-29-25(22)21-5-7-23(26)8-6-21)17-20-10-13-31(14-11-20)12-9-19-3-2-4-24(27)15-19/h2-8,15,20,22,25,28-29H,9-14,16-18H2,1H3. The lowest BCUT2D eigenvalue weighted by molar-refractivity contribution is 0.147. The maximum absolute atomic E-state index is 13.3. The molecule has 2 heterocycles. The zero-order valence-electron chi connectivity index (χ0n) is 18.4. The van der Waals surface area contributed by atoms with E-state index in [4.69, 9.17) is 0 Å². The minimum atomic E-state index is -0.189. The van der Waals surface area contributed by atoms with Crippen molar-refractivity contribution >= 4 is 0 Å². The summed E-state index contributed by atoms with van der Waals surface area (Å²) in [5.41, 5.74) is 8.86. The Morgan fingerprint density at radius 2 is 1.77 bits per heavy atom. The van der Waals surface area contributed by atoms with E-state index in [-0.39, 0.29) is 17.7 Å². The van der Waals surface area contributed by atoms with Crippen LogP contribution in [0.3, 0.4) is 0 Å². The van der Waals surface area contributed by atoms with E-state index >= 15 is 0 Å². The van der Waals surface area contributed by atoms with Crippen LogP contribution in [0.15, 0.2) is 48.5 Å². The number of hydrogen-bond donors (Lipinski definition) is 2. The highest BCUT2D eigenvalue weighted by molar-refractivity contribution is 5.21. The summed E-state index contributed by atoms with van der Waals surface area (Å²) >= 11 is 0. The Hall–Kier alpha value is -1.86. The summed E-state index contributed by atoms with van der Waals surface area (Å²) in [6, 6.07) is 14.0. The Morgan fingerprint density at radius 1 is 1.00 bits per heavy atom. The minimum absolute atomic E-state index is 0.145. The summed E-state index contributed by atoms with van der Waals surface area (Å²) in [5.74, 6) is 0.850. The number of hydrogen-bond acceptors (Lipinski definition) is 4. The number of piperidine rings is 1. The molecule has 4 nitrogen and oxygen atoms in total. The fraction of sp³-hybridized carbons (Fsp3) is 0.520. The molecular weight excluding hydrogens is 394 g/mol. The highest BCUT2D eigenvalue weighted by atomic mass is 19.1. The third-order valence-corrected chi connectivity index (χ3v) is 6.75. The van der Waals surface area contributed by atoms with Gasteiger partial charge in [-0.3, -0.25) is 5.43 Å². The number of halogens is 2. The number of nitrogens with one attached hydrogen (secondary N) is 2. The van der Waals surface area contributed by atoms with Gasteiger partial charge in [-0.1, -0.05) is 24.3 Å². The van der Waals surface area contributed by atoms with Crippen molar-refractivity contribution in [1.29, 1.82) is 0 Å². The number of benzene rings is 2. The molecule has 0 amide bonds. The average molecular weight is 429 g/mol. The van der Waals surface area contributed by atoms with Crippen molar-refractivity contribution in [3.8, 4) is 0 Å². The van der Waals surface area contributed by atoms with Gasteiger partial charge in [0.15, 0.2) is 0 Å². The summed E-state index contributed by atoms with van der Waals surface area (Å²) in [6.45, 7) is 6.30. The van der Waals surface area contributed by atoms with E-state index in [0.29, 0.717) is 5.92 Å². The van der Waals surface area contributed by atoms with Crippen LogP contribution in [-0.4, -0.2) is 56.1 Å². The van der Waals surface area contributed by atoms with Gasteiger partial charge in [0.2, 0.25) is 0 Å². The Bertz CT molecular complexity index is 821. The molecule has 2 aliphatic heterocycles. The first kappa shape index (κ1) is 22.3. The first-order valence-corrected chi connectivity index (χ1v) is 11.5. The van der Waals surface area contributed by atoms with Gasteiger partial charge in [0.05, 0.1) is 6.04 Å². The van der Waals surface area contributed by atoms with E-state index in [2.05, 4.69) is 27.7 Å². The van der Waals surface area contributed by atoms with Crippen molar-refractivity contribution < 1.29 is 8.78 Å². The lowest BCUT2D eigenvalue weighted by Gasteiger charge is -2.34. The minimum Gasteiger partial charge on any atom is -0.306 e. The normalized spacial score (nSPS) is 23.0. The van der Waals surface area contributed by atoms with Crippen LogP contribution in [0.2, 0.25) is 0 Å². The summed E-state index contributed by atoms with van der Waals surface area (Å²) in [6.07, 6.45) is 3.35. The van der Waals surface area contributed by atoms with Gasteiger partial charge in [-0.2, -0.15) is 0 Å². The molecule has 0 radical (unpaired) electrons. The largest absolute Gasteiger partial charge is 0.306 e. The molecular formula is C25H34F2N4. The van der Waals surface area contributed by atoms with Gasteiger partial charge in [-0.25, -0.2) is 14.2 Å². The van der Waals surface area contributed by atoms with Crippen molar-refractivity contribution in [3.63, 3.8) is 0 Å². The van der Waals surface area contributed by atoms with Gasteiger partial charge in [0.1, 0.15) is 11.6 Å². The van der Waals surface area contributed by atoms with E-state index < -0.39 is 0 Å². The molecule has 2 atom stereocenters. The lowest BCUT2D eigenvalue weighted by Crippen LogP contribution is -2.40. The Labute approximate surface area is 184 Å². The molecule has 2 aromatic carbocycles. The molecule has 2 aliphatic rings. The van der Waals surface area contributed by atoms with E-state index in [0.717, 1.165) is 62.7 Å². The van der Waals surface area contributed by atoms with Gasteiger partial charge >= 0.3 is 0 Å². The molecule has 0 aromatic heterocycles. The quantitative estimate of drug-likeness (QED) is 0.673. The summed E-state index contributed by atoms with van der Waals surface area (Å²) in [7, 11) is 2.22. The second kappa shape index (κ2) is 10.6. The molecule has 31 heavy (non-hydrogen) atoms. The summed E-state index contributed by atoms with van der Waals surface area (Å²) < 4.78 is 26.6. The Kier molecular flexibility index (Phi) is 7.67. The zero-order valence-corrected chi connectivity index (χ0v) is 18.4. The van der Waals surface area contributed by atoms with E-state index in [1.807, 2.05) is 18.2 Å². The van der Waals surface area contributed by atoms with Crippen molar-refractivity contribution in [2.24, 2.45) is 11.8 Å². The van der Waals surface area contributed by atoms with Crippen LogP contribution >= 0.6 is 0 Å². The SMILES string of the molecule is CN(CC1CCN(CCc2cccc(F)c2)CC1)CC1CNNC1c1ccc(F)cc1. The van der Waals surface area contributed by atoms with Crippen LogP contribution in [0.1, 0.15) is 30.0 Å². The molecule has 4 rings (SSSR count). The number of nitrogens with zero attached hydrogens (tertiary/aromatic N) is 2. The highest BCUT2D eigenvalue weighted by Gasteiger charge is 2.30. The van der Waals surface area contributed by atoms with Crippen LogP contribution in [0.5, 0.6) is 0 Å². The van der Waals surface area contributed by atoms with Gasteiger partial charge in [-0.05, 0) is 80.7 Å². The lowest BCUT2D eigenvalue weighted by atomic mass is 9.93. The van der Waals surface area contributed by atoms with Crippen molar-refractivity contribution in [3.05, 3.63) is 71.3 Å². The maximum Gasteiger partial charge on any atom is 0.123 e. The third kappa shape index (κ3) is 6.32. The highest BCUT2D eigenvalue weighted by Crippen LogP contribution is 2.26. The van der Waals surface area contributed by atoms with Gasteiger partial charge in [0, 0.05) is 32.1 Å². The van der Waals surface area contributed by atoms with Crippen LogP contribution in [0.4, 0.5) is 8.78 Å². The molecule has 0 aliphatic carbocycles. The zero-order chi connectivity index (χ0) is 21.6. The van der Waals surface area contributed by atoms with Gasteiger partial charge in [-0.15, -0.1) is 0 Å². The molecule has 168 valence electrons. The molecule has 0 bridgehead atoms. The number of hydrazine groups is 1.